The van der Waals surface area contributed by atoms with E-state index in [4.69, 9.17) is 21.7 Å². The molecule has 0 radical (unpaired) electrons. The number of carbonyl (C=O) groups excluding carboxylic acids is 2. The van der Waals surface area contributed by atoms with Crippen molar-refractivity contribution >= 4 is 61.4 Å². The maximum Gasteiger partial charge on any atom is 0.306 e. The van der Waals surface area contributed by atoms with E-state index in [2.05, 4.69) is 20.3 Å². The minimum absolute atomic E-state index is 0.0178. The summed E-state index contributed by atoms with van der Waals surface area (Å²) in [6, 6.07) is 5.78. The first-order chi connectivity index (χ1) is 14.3. The fourth-order valence-electron chi connectivity index (χ4n) is 2.04. The molecule has 1 aromatic heterocycles. The number of sulfonamides is 1. The highest BCUT2D eigenvalue weighted by molar-refractivity contribution is 7.93. The van der Waals surface area contributed by atoms with Crippen molar-refractivity contribution in [1.82, 2.24) is 10.3 Å². The lowest BCUT2D eigenvalue weighted by atomic mass is 10.3. The number of methoxy groups -OCH3 is 1. The van der Waals surface area contributed by atoms with Crippen molar-refractivity contribution in [2.75, 3.05) is 30.4 Å². The second-order valence-electron chi connectivity index (χ2n) is 5.68. The number of thiocarbonyl (C=S) groups is 1. The zero-order valence-corrected chi connectivity index (χ0v) is 18.4. The molecule has 10 nitrogen and oxygen atoms in total. The van der Waals surface area contributed by atoms with Gasteiger partial charge in [-0.1, -0.05) is 0 Å². The summed E-state index contributed by atoms with van der Waals surface area (Å²) in [5.74, 6) is -0.965. The van der Waals surface area contributed by atoms with E-state index < -0.39 is 21.9 Å². The average Bonchev–Trinajstić information content (AvgIpc) is 3.19. The smallest absolute Gasteiger partial charge is 0.306 e. The summed E-state index contributed by atoms with van der Waals surface area (Å²) in [6.45, 7) is 0.412. The molecule has 13 heteroatoms. The van der Waals surface area contributed by atoms with Crippen molar-refractivity contribution in [3.05, 3.63) is 35.8 Å². The third kappa shape index (κ3) is 8.02. The lowest BCUT2D eigenvalue weighted by Gasteiger charge is -2.10. The van der Waals surface area contributed by atoms with Crippen molar-refractivity contribution in [3.8, 4) is 0 Å². The lowest BCUT2D eigenvalue weighted by molar-refractivity contribution is -0.146. The summed E-state index contributed by atoms with van der Waals surface area (Å²) >= 11 is 6.21. The van der Waals surface area contributed by atoms with Crippen LogP contribution in [-0.2, 0) is 29.1 Å². The Balaban J connectivity index is 1.80. The number of nitrogens with zero attached hydrogens (tertiary/aromatic N) is 1. The number of esters is 1. The zero-order valence-electron chi connectivity index (χ0n) is 15.9. The second kappa shape index (κ2) is 11.5. The van der Waals surface area contributed by atoms with Crippen LogP contribution in [-0.4, -0.2) is 50.7 Å². The first kappa shape index (κ1) is 23.7. The molecule has 0 aliphatic carbocycles. The maximum atomic E-state index is 12.3. The van der Waals surface area contributed by atoms with Crippen LogP contribution in [0.25, 0.3) is 0 Å². The van der Waals surface area contributed by atoms with Crippen molar-refractivity contribution in [2.45, 2.75) is 17.7 Å². The number of rotatable bonds is 10. The predicted octanol–water partition coefficient (Wildman–Crippen LogP) is 1.73. The second-order valence-corrected chi connectivity index (χ2v) is 8.67. The molecule has 0 aliphatic rings. The molecule has 0 unspecified atom stereocenters. The minimum atomic E-state index is -3.76. The number of anilines is 2. The van der Waals surface area contributed by atoms with Crippen LogP contribution < -0.4 is 15.4 Å². The Hall–Kier alpha value is -2.61. The normalized spacial score (nSPS) is 10.8. The maximum absolute atomic E-state index is 12.3. The number of amides is 1. The number of hydrogen-bond acceptors (Lipinski definition) is 9. The van der Waals surface area contributed by atoms with Gasteiger partial charge in [0.25, 0.3) is 10.0 Å². The van der Waals surface area contributed by atoms with E-state index in [0.717, 1.165) is 0 Å². The van der Waals surface area contributed by atoms with Crippen molar-refractivity contribution in [3.63, 3.8) is 0 Å². The molecule has 0 saturated carbocycles. The van der Waals surface area contributed by atoms with Crippen LogP contribution in [0.4, 0.5) is 10.8 Å². The number of benzene rings is 1. The highest BCUT2D eigenvalue weighted by Gasteiger charge is 2.15. The molecule has 30 heavy (non-hydrogen) atoms. The van der Waals surface area contributed by atoms with E-state index in [-0.39, 0.29) is 41.2 Å². The number of hydrogen-bond donors (Lipinski definition) is 3. The molecule has 162 valence electrons. The molecule has 1 amide bonds. The van der Waals surface area contributed by atoms with Crippen LogP contribution >= 0.6 is 23.6 Å². The number of aromatic nitrogens is 1. The highest BCUT2D eigenvalue weighted by Crippen LogP contribution is 2.19. The van der Waals surface area contributed by atoms with Crippen LogP contribution in [0.2, 0.25) is 0 Å². The molecule has 0 spiro atoms. The monoisotopic (exact) mass is 472 g/mol. The van der Waals surface area contributed by atoms with Crippen LogP contribution in [0.5, 0.6) is 0 Å². The van der Waals surface area contributed by atoms with Crippen molar-refractivity contribution in [1.29, 1.82) is 0 Å². The third-order valence-electron chi connectivity index (χ3n) is 3.44. The highest BCUT2D eigenvalue weighted by atomic mass is 32.2. The predicted molar refractivity (Wildman–Crippen MR) is 116 cm³/mol. The molecule has 0 bridgehead atoms. The fourth-order valence-corrected chi connectivity index (χ4v) is 4.06. The van der Waals surface area contributed by atoms with Crippen LogP contribution in [0, 0.1) is 0 Å². The molecule has 0 aliphatic heterocycles. The van der Waals surface area contributed by atoms with Gasteiger partial charge in [-0.15, -0.1) is 11.3 Å². The van der Waals surface area contributed by atoms with Gasteiger partial charge in [0.15, 0.2) is 10.2 Å². The summed E-state index contributed by atoms with van der Waals surface area (Å²) in [5.41, 5.74) is 0.479. The lowest BCUT2D eigenvalue weighted by Crippen LogP contribution is -2.34. The quantitative estimate of drug-likeness (QED) is 0.268. The van der Waals surface area contributed by atoms with Crippen LogP contribution in [0.15, 0.2) is 40.7 Å². The van der Waals surface area contributed by atoms with Gasteiger partial charge < -0.3 is 20.1 Å². The van der Waals surface area contributed by atoms with Gasteiger partial charge in [-0.2, -0.15) is 0 Å². The zero-order chi connectivity index (χ0) is 22.0. The summed E-state index contributed by atoms with van der Waals surface area (Å²) in [6.07, 6.45) is 1.32. The Morgan fingerprint density at radius 3 is 2.53 bits per heavy atom. The van der Waals surface area contributed by atoms with Gasteiger partial charge in [-0.25, -0.2) is 13.4 Å². The van der Waals surface area contributed by atoms with Crippen LogP contribution in [0.3, 0.4) is 0 Å². The first-order valence-corrected chi connectivity index (χ1v) is 11.3. The Kier molecular flexibility index (Phi) is 9.11. The van der Waals surface area contributed by atoms with Gasteiger partial charge in [0.05, 0.1) is 17.9 Å². The van der Waals surface area contributed by atoms with Crippen molar-refractivity contribution in [2.24, 2.45) is 0 Å². The molecular weight excluding hydrogens is 452 g/mol. The van der Waals surface area contributed by atoms with Gasteiger partial charge in [-0.3, -0.25) is 14.3 Å². The van der Waals surface area contributed by atoms with Gasteiger partial charge in [-0.05, 0) is 36.5 Å². The third-order valence-corrected chi connectivity index (χ3v) is 5.81. The molecular formula is C17H20N4O6S3. The number of nitrogens with one attached hydrogen (secondary N) is 3. The molecule has 0 saturated heterocycles. The standard InChI is InChI=1S/C17H20N4O6S3/c1-26-9-10-27-15(23)7-6-14(22)20-16(28)19-12-2-4-13(5-3-12)30(24,25)21-17-18-8-11-29-17/h2-5,8,11H,6-7,9-10H2,1H3,(H,18,21)(H2,19,20,22,28). The Morgan fingerprint density at radius 1 is 1.17 bits per heavy atom. The SMILES string of the molecule is COCCOC(=O)CCC(=O)NC(=S)Nc1ccc(S(=O)(=O)Nc2nccs2)cc1. The summed E-state index contributed by atoms with van der Waals surface area (Å²) < 4.78 is 36.6. The Bertz CT molecular complexity index is 962. The topological polar surface area (TPSA) is 136 Å². The fraction of sp³-hybridized carbons (Fsp3) is 0.294. The van der Waals surface area contributed by atoms with Gasteiger partial charge in [0, 0.05) is 30.8 Å². The Morgan fingerprint density at radius 2 is 1.90 bits per heavy atom. The van der Waals surface area contributed by atoms with E-state index in [1.165, 1.54) is 48.9 Å². The van der Waals surface area contributed by atoms with E-state index in [9.17, 15) is 18.0 Å². The van der Waals surface area contributed by atoms with E-state index >= 15 is 0 Å². The molecule has 0 fully saturated rings. The summed E-state index contributed by atoms with van der Waals surface area (Å²) in [5, 5.41) is 7.15. The number of carbonyl (C=O) groups is 2. The molecule has 2 aromatic rings. The Labute approximate surface area is 183 Å². The van der Waals surface area contributed by atoms with E-state index in [1.54, 1.807) is 5.38 Å². The van der Waals surface area contributed by atoms with E-state index in [1.807, 2.05) is 0 Å². The number of thiazole rings is 1. The minimum Gasteiger partial charge on any atom is -0.463 e. The number of ether oxygens (including phenoxy) is 2. The van der Waals surface area contributed by atoms with Crippen molar-refractivity contribution < 1.29 is 27.5 Å². The summed E-state index contributed by atoms with van der Waals surface area (Å²) in [7, 11) is -2.27. The van der Waals surface area contributed by atoms with Gasteiger partial charge >= 0.3 is 5.97 Å². The van der Waals surface area contributed by atoms with Crippen LogP contribution in [0.1, 0.15) is 12.8 Å². The molecule has 3 N–H and O–H groups in total. The van der Waals surface area contributed by atoms with Gasteiger partial charge in [0.2, 0.25) is 5.91 Å². The van der Waals surface area contributed by atoms with Gasteiger partial charge in [0.1, 0.15) is 6.61 Å². The summed E-state index contributed by atoms with van der Waals surface area (Å²) in [4.78, 5) is 27.2. The molecule has 1 heterocycles. The largest absolute Gasteiger partial charge is 0.463 e. The van der Waals surface area contributed by atoms with E-state index in [0.29, 0.717) is 5.69 Å². The molecule has 2 rings (SSSR count). The first-order valence-electron chi connectivity index (χ1n) is 8.58. The molecule has 1 aromatic carbocycles. The average molecular weight is 473 g/mol. The molecule has 0 atom stereocenters.